The molecule has 76 valence electrons. The van der Waals surface area contributed by atoms with Gasteiger partial charge >= 0.3 is 6.18 Å². The summed E-state index contributed by atoms with van der Waals surface area (Å²) in [6.45, 7) is 0. The third-order valence-electron chi connectivity index (χ3n) is 1.63. The first-order chi connectivity index (χ1) is 6.50. The van der Waals surface area contributed by atoms with Gasteiger partial charge in [0.1, 0.15) is 5.03 Å². The second-order valence-corrected chi connectivity index (χ2v) is 3.15. The minimum absolute atomic E-state index is 0.194. The van der Waals surface area contributed by atoms with Crippen molar-refractivity contribution in [1.82, 2.24) is 0 Å². The Bertz CT molecular complexity index is 314. The van der Waals surface area contributed by atoms with Gasteiger partial charge in [0.15, 0.2) is 0 Å². The van der Waals surface area contributed by atoms with E-state index in [0.717, 1.165) is 11.6 Å². The molecule has 0 aliphatic rings. The van der Waals surface area contributed by atoms with Gasteiger partial charge in [-0.3, -0.25) is 0 Å². The van der Waals surface area contributed by atoms with Crippen molar-refractivity contribution >= 4 is 11.6 Å². The minimum atomic E-state index is -4.43. The number of hydrogen-bond acceptors (Lipinski definition) is 0. The van der Waals surface area contributed by atoms with Crippen LogP contribution in [0.2, 0.25) is 0 Å². The molecule has 1 aromatic carbocycles. The monoisotopic (exact) mass is 220 g/mol. The maximum Gasteiger partial charge on any atom is 0.426 e. The Morgan fingerprint density at radius 1 is 1.21 bits per heavy atom. The molecule has 14 heavy (non-hydrogen) atoms. The molecule has 0 bridgehead atoms. The van der Waals surface area contributed by atoms with Gasteiger partial charge in [0.25, 0.3) is 0 Å². The van der Waals surface area contributed by atoms with Crippen molar-refractivity contribution in [2.75, 3.05) is 0 Å². The summed E-state index contributed by atoms with van der Waals surface area (Å²) in [6, 6.07) is 8.84. The number of allylic oxidation sites excluding steroid dienone is 2. The topological polar surface area (TPSA) is 0 Å². The highest BCUT2D eigenvalue weighted by Gasteiger charge is 2.31. The molecule has 1 rings (SSSR count). The van der Waals surface area contributed by atoms with Crippen molar-refractivity contribution in [3.63, 3.8) is 0 Å². The fraction of sp³-hybridized carbons (Fsp3) is 0.200. The largest absolute Gasteiger partial charge is 0.426 e. The predicted molar refractivity (Wildman–Crippen MR) is 50.1 cm³/mol. The molecular formula is C10H8ClF3. The summed E-state index contributed by atoms with van der Waals surface area (Å²) in [6.07, 6.45) is -3.27. The minimum Gasteiger partial charge on any atom is -0.165 e. The summed E-state index contributed by atoms with van der Waals surface area (Å²) in [7, 11) is 0. The summed E-state index contributed by atoms with van der Waals surface area (Å²) in [5.74, 6) is 0. The number of alkyl halides is 3. The molecule has 0 unspecified atom stereocenters. The average Bonchev–Trinajstić information content (AvgIpc) is 2.14. The maximum atomic E-state index is 12.0. The van der Waals surface area contributed by atoms with Crippen molar-refractivity contribution in [2.45, 2.75) is 12.6 Å². The lowest BCUT2D eigenvalue weighted by Crippen LogP contribution is -2.07. The molecule has 0 aliphatic heterocycles. The Kier molecular flexibility index (Phi) is 3.58. The number of benzene rings is 1. The lowest BCUT2D eigenvalue weighted by molar-refractivity contribution is -0.0847. The molecule has 0 N–H and O–H groups in total. The highest BCUT2D eigenvalue weighted by atomic mass is 35.5. The van der Waals surface area contributed by atoms with Crippen LogP contribution in [-0.2, 0) is 6.42 Å². The Morgan fingerprint density at radius 3 is 2.29 bits per heavy atom. The summed E-state index contributed by atoms with van der Waals surface area (Å²) < 4.78 is 35.9. The van der Waals surface area contributed by atoms with E-state index in [2.05, 4.69) is 0 Å². The predicted octanol–water partition coefficient (Wildman–Crippen LogP) is 3.91. The van der Waals surface area contributed by atoms with E-state index >= 15 is 0 Å². The van der Waals surface area contributed by atoms with E-state index in [1.165, 1.54) is 0 Å². The summed E-state index contributed by atoms with van der Waals surface area (Å²) in [5, 5.41) is -1.07. The summed E-state index contributed by atoms with van der Waals surface area (Å²) in [4.78, 5) is 0. The van der Waals surface area contributed by atoms with Crippen LogP contribution in [0, 0.1) is 0 Å². The van der Waals surface area contributed by atoms with E-state index in [9.17, 15) is 13.2 Å². The Hall–Kier alpha value is -0.960. The summed E-state index contributed by atoms with van der Waals surface area (Å²) in [5.41, 5.74) is 0.801. The van der Waals surface area contributed by atoms with Gasteiger partial charge in [-0.2, -0.15) is 13.2 Å². The number of rotatable bonds is 2. The molecule has 0 amide bonds. The van der Waals surface area contributed by atoms with E-state index in [4.69, 9.17) is 11.6 Å². The number of halogens is 4. The molecule has 0 nitrogen and oxygen atoms in total. The van der Waals surface area contributed by atoms with Crippen LogP contribution in [0.5, 0.6) is 0 Å². The van der Waals surface area contributed by atoms with Crippen molar-refractivity contribution in [1.29, 1.82) is 0 Å². The summed E-state index contributed by atoms with van der Waals surface area (Å²) >= 11 is 5.04. The smallest absolute Gasteiger partial charge is 0.165 e. The number of hydrogen-bond donors (Lipinski definition) is 0. The van der Waals surface area contributed by atoms with E-state index in [1.54, 1.807) is 30.3 Å². The van der Waals surface area contributed by atoms with E-state index in [0.29, 0.717) is 0 Å². The normalized spacial score (nSPS) is 13.0. The molecule has 0 aromatic heterocycles. The molecule has 0 saturated heterocycles. The van der Waals surface area contributed by atoms with Gasteiger partial charge < -0.3 is 0 Å². The van der Waals surface area contributed by atoms with Gasteiger partial charge in [-0.25, -0.2) is 0 Å². The van der Waals surface area contributed by atoms with Crippen molar-refractivity contribution < 1.29 is 13.2 Å². The first kappa shape index (κ1) is 11.1. The van der Waals surface area contributed by atoms with E-state index < -0.39 is 11.2 Å². The van der Waals surface area contributed by atoms with Gasteiger partial charge in [-0.15, -0.1) is 0 Å². The van der Waals surface area contributed by atoms with Crippen molar-refractivity contribution in [3.05, 3.63) is 47.0 Å². The molecule has 0 aliphatic carbocycles. The van der Waals surface area contributed by atoms with Crippen LogP contribution in [-0.4, -0.2) is 6.18 Å². The molecule has 0 fully saturated rings. The fourth-order valence-corrected chi connectivity index (χ4v) is 1.01. The molecule has 0 spiro atoms. The standard InChI is InChI=1S/C10H8ClF3/c11-9(10(12,13)14)7-6-8-4-2-1-3-5-8/h1-5,7H,6H2/b9-7-. The zero-order chi connectivity index (χ0) is 10.6. The third kappa shape index (κ3) is 3.42. The third-order valence-corrected chi connectivity index (χ3v) is 2.00. The molecular weight excluding hydrogens is 213 g/mol. The quantitative estimate of drug-likeness (QED) is 0.709. The van der Waals surface area contributed by atoms with Crippen LogP contribution in [0.25, 0.3) is 0 Å². The van der Waals surface area contributed by atoms with E-state index in [1.807, 2.05) is 0 Å². The van der Waals surface area contributed by atoms with Crippen LogP contribution in [0.4, 0.5) is 13.2 Å². The van der Waals surface area contributed by atoms with E-state index in [-0.39, 0.29) is 6.42 Å². The van der Waals surface area contributed by atoms with Gasteiger partial charge in [-0.05, 0) is 12.0 Å². The molecule has 0 atom stereocenters. The van der Waals surface area contributed by atoms with Crippen LogP contribution >= 0.6 is 11.6 Å². The van der Waals surface area contributed by atoms with Crippen molar-refractivity contribution in [2.24, 2.45) is 0 Å². The highest BCUT2D eigenvalue weighted by Crippen LogP contribution is 2.28. The Labute approximate surface area is 85.0 Å². The molecule has 0 heterocycles. The van der Waals surface area contributed by atoms with Gasteiger partial charge in [0.05, 0.1) is 0 Å². The Morgan fingerprint density at radius 2 is 1.79 bits per heavy atom. The van der Waals surface area contributed by atoms with Gasteiger partial charge in [0.2, 0.25) is 0 Å². The second-order valence-electron chi connectivity index (χ2n) is 2.74. The Balaban J connectivity index is 2.65. The SMILES string of the molecule is FC(F)(F)/C(Cl)=C/Cc1ccccc1. The van der Waals surface area contributed by atoms with Gasteiger partial charge in [-0.1, -0.05) is 48.0 Å². The van der Waals surface area contributed by atoms with Crippen LogP contribution in [0.3, 0.4) is 0 Å². The van der Waals surface area contributed by atoms with Crippen LogP contribution in [0.15, 0.2) is 41.4 Å². The first-order valence-corrected chi connectivity index (χ1v) is 4.35. The zero-order valence-corrected chi connectivity index (χ0v) is 7.94. The molecule has 1 aromatic rings. The van der Waals surface area contributed by atoms with Crippen molar-refractivity contribution in [3.8, 4) is 0 Å². The fourth-order valence-electron chi connectivity index (χ4n) is 0.937. The zero-order valence-electron chi connectivity index (χ0n) is 7.18. The average molecular weight is 221 g/mol. The maximum absolute atomic E-state index is 12.0. The van der Waals surface area contributed by atoms with Gasteiger partial charge in [0, 0.05) is 0 Å². The first-order valence-electron chi connectivity index (χ1n) is 3.97. The lowest BCUT2D eigenvalue weighted by Gasteiger charge is -2.03. The highest BCUT2D eigenvalue weighted by molar-refractivity contribution is 6.30. The van der Waals surface area contributed by atoms with Crippen LogP contribution in [0.1, 0.15) is 5.56 Å². The van der Waals surface area contributed by atoms with Crippen LogP contribution < -0.4 is 0 Å². The lowest BCUT2D eigenvalue weighted by atomic mass is 10.1. The molecule has 0 radical (unpaired) electrons. The second kappa shape index (κ2) is 4.51. The molecule has 0 saturated carbocycles. The molecule has 4 heteroatoms.